The third kappa shape index (κ3) is 4.79. The molecule has 0 spiro atoms. The average Bonchev–Trinajstić information content (AvgIpc) is 3.33. The van der Waals surface area contributed by atoms with Crippen LogP contribution in [0, 0.1) is 0 Å². The van der Waals surface area contributed by atoms with E-state index >= 15 is 0 Å². The fourth-order valence-corrected chi connectivity index (χ4v) is 4.68. The lowest BCUT2D eigenvalue weighted by Crippen LogP contribution is -2.48. The number of aromatic nitrogens is 2. The van der Waals surface area contributed by atoms with E-state index in [-0.39, 0.29) is 28.6 Å². The lowest BCUT2D eigenvalue weighted by Gasteiger charge is -2.36. The first-order chi connectivity index (χ1) is 17.6. The van der Waals surface area contributed by atoms with E-state index in [2.05, 4.69) is 36.7 Å². The van der Waals surface area contributed by atoms with Crippen LogP contribution < -0.4 is 9.64 Å². The monoisotopic (exact) mass is 500 g/mol. The number of phenolic OH excluding ortho intramolecular Hbond substituents is 2. The topological polar surface area (TPSA) is 102 Å². The van der Waals surface area contributed by atoms with Crippen LogP contribution in [0.4, 0.5) is 5.69 Å². The van der Waals surface area contributed by atoms with Crippen molar-refractivity contribution in [3.8, 4) is 28.6 Å². The highest BCUT2D eigenvalue weighted by molar-refractivity contribution is 5.94. The third-order valence-electron chi connectivity index (χ3n) is 6.92. The van der Waals surface area contributed by atoms with Crippen LogP contribution in [0.25, 0.3) is 22.4 Å². The van der Waals surface area contributed by atoms with Crippen LogP contribution in [0.5, 0.6) is 17.2 Å². The smallest absolute Gasteiger partial charge is 0.253 e. The maximum absolute atomic E-state index is 13.2. The molecule has 8 heteroatoms. The Morgan fingerprint density at radius 2 is 1.76 bits per heavy atom. The number of H-pyrrole nitrogens is 1. The predicted octanol–water partition coefficient (Wildman–Crippen LogP) is 4.91. The van der Waals surface area contributed by atoms with Gasteiger partial charge < -0.3 is 29.7 Å². The first-order valence-corrected chi connectivity index (χ1v) is 12.4. The van der Waals surface area contributed by atoms with Gasteiger partial charge in [-0.05, 0) is 53.4 Å². The summed E-state index contributed by atoms with van der Waals surface area (Å²) in [6, 6.07) is 17.1. The number of fused-ring (bicyclic) bond motifs is 1. The molecular weight excluding hydrogens is 468 g/mol. The Morgan fingerprint density at radius 1 is 1.00 bits per heavy atom. The van der Waals surface area contributed by atoms with Crippen LogP contribution in [-0.2, 0) is 5.41 Å². The molecule has 2 heterocycles. The summed E-state index contributed by atoms with van der Waals surface area (Å²) in [5.74, 6) is 0.241. The molecule has 1 saturated heterocycles. The van der Waals surface area contributed by atoms with Gasteiger partial charge in [-0.2, -0.15) is 0 Å². The van der Waals surface area contributed by atoms with Crippen LogP contribution in [0.2, 0.25) is 0 Å². The van der Waals surface area contributed by atoms with E-state index in [0.717, 1.165) is 40.9 Å². The Hall–Kier alpha value is -4.20. The van der Waals surface area contributed by atoms with E-state index in [4.69, 9.17) is 9.72 Å². The number of amides is 1. The van der Waals surface area contributed by atoms with E-state index < -0.39 is 0 Å². The molecule has 0 unspecified atom stereocenters. The number of methoxy groups -OCH3 is 1. The Morgan fingerprint density at radius 3 is 2.46 bits per heavy atom. The van der Waals surface area contributed by atoms with Crippen molar-refractivity contribution in [1.82, 2.24) is 14.9 Å². The predicted molar refractivity (Wildman–Crippen MR) is 145 cm³/mol. The molecule has 4 aromatic rings. The van der Waals surface area contributed by atoms with Gasteiger partial charge in [-0.1, -0.05) is 32.9 Å². The quantitative estimate of drug-likeness (QED) is 0.344. The molecule has 192 valence electrons. The number of nitrogens with one attached hydrogen (secondary N) is 1. The highest BCUT2D eigenvalue weighted by Gasteiger charge is 2.24. The van der Waals surface area contributed by atoms with E-state index in [1.54, 1.807) is 6.07 Å². The zero-order valence-corrected chi connectivity index (χ0v) is 21.6. The molecule has 1 aliphatic heterocycles. The minimum atomic E-state index is -0.302. The number of anilines is 1. The van der Waals surface area contributed by atoms with Crippen molar-refractivity contribution in [2.24, 2.45) is 0 Å². The van der Waals surface area contributed by atoms with Gasteiger partial charge in [0.15, 0.2) is 11.5 Å². The third-order valence-corrected chi connectivity index (χ3v) is 6.92. The molecule has 0 saturated carbocycles. The summed E-state index contributed by atoms with van der Waals surface area (Å²) in [7, 11) is 1.43. The van der Waals surface area contributed by atoms with Crippen molar-refractivity contribution in [2.45, 2.75) is 26.2 Å². The van der Waals surface area contributed by atoms with Crippen molar-refractivity contribution in [2.75, 3.05) is 38.2 Å². The first kappa shape index (κ1) is 24.5. The number of piperazine rings is 1. The second-order valence-electron chi connectivity index (χ2n) is 10.4. The fourth-order valence-electron chi connectivity index (χ4n) is 4.68. The summed E-state index contributed by atoms with van der Waals surface area (Å²) in [4.78, 5) is 25.3. The first-order valence-electron chi connectivity index (χ1n) is 12.4. The largest absolute Gasteiger partial charge is 0.504 e. The molecule has 37 heavy (non-hydrogen) atoms. The summed E-state index contributed by atoms with van der Waals surface area (Å²) in [6.45, 7) is 9.22. The summed E-state index contributed by atoms with van der Waals surface area (Å²) in [5.41, 5.74) is 5.18. The SMILES string of the molecule is COc1cc(-c2nc3cc(N4CCN(C(=O)c5cccc(C(C)(C)C)c5)CC4)ccc3[nH]2)cc(O)c1O. The number of imidazole rings is 1. The molecule has 1 amide bonds. The molecule has 0 radical (unpaired) electrons. The second-order valence-corrected chi connectivity index (χ2v) is 10.4. The number of rotatable bonds is 4. The molecule has 1 fully saturated rings. The number of hydrogen-bond acceptors (Lipinski definition) is 6. The van der Waals surface area contributed by atoms with Gasteiger partial charge in [0, 0.05) is 43.0 Å². The van der Waals surface area contributed by atoms with Crippen LogP contribution >= 0.6 is 0 Å². The van der Waals surface area contributed by atoms with Crippen molar-refractivity contribution in [1.29, 1.82) is 0 Å². The zero-order chi connectivity index (χ0) is 26.3. The normalized spacial score (nSPS) is 14.3. The van der Waals surface area contributed by atoms with Gasteiger partial charge >= 0.3 is 0 Å². The molecule has 0 atom stereocenters. The highest BCUT2D eigenvalue weighted by atomic mass is 16.5. The maximum Gasteiger partial charge on any atom is 0.253 e. The van der Waals surface area contributed by atoms with E-state index in [1.807, 2.05) is 41.3 Å². The van der Waals surface area contributed by atoms with Gasteiger partial charge in [-0.3, -0.25) is 4.79 Å². The summed E-state index contributed by atoms with van der Waals surface area (Å²) >= 11 is 0. The van der Waals surface area contributed by atoms with Crippen molar-refractivity contribution >= 4 is 22.6 Å². The number of carbonyl (C=O) groups excluding carboxylic acids is 1. The van der Waals surface area contributed by atoms with Crippen LogP contribution in [0.15, 0.2) is 54.6 Å². The number of hydrogen-bond donors (Lipinski definition) is 3. The molecule has 3 N–H and O–H groups in total. The van der Waals surface area contributed by atoms with Gasteiger partial charge in [0.25, 0.3) is 5.91 Å². The minimum Gasteiger partial charge on any atom is -0.504 e. The average molecular weight is 501 g/mol. The van der Waals surface area contributed by atoms with E-state index in [0.29, 0.717) is 24.5 Å². The van der Waals surface area contributed by atoms with Crippen LogP contribution in [0.3, 0.4) is 0 Å². The Kier molecular flexibility index (Phi) is 6.19. The molecule has 3 aromatic carbocycles. The lowest BCUT2D eigenvalue weighted by molar-refractivity contribution is 0.0746. The molecule has 1 aromatic heterocycles. The Bertz CT molecular complexity index is 1460. The van der Waals surface area contributed by atoms with Crippen LogP contribution in [-0.4, -0.2) is 64.3 Å². The van der Waals surface area contributed by atoms with Gasteiger partial charge in [0.1, 0.15) is 5.82 Å². The maximum atomic E-state index is 13.2. The van der Waals surface area contributed by atoms with Gasteiger partial charge in [0.05, 0.1) is 18.1 Å². The number of phenols is 2. The number of nitrogens with zero attached hydrogens (tertiary/aromatic N) is 3. The number of ether oxygens (including phenoxy) is 1. The number of carbonyl (C=O) groups is 1. The Labute approximate surface area is 216 Å². The summed E-state index contributed by atoms with van der Waals surface area (Å²) in [5, 5.41) is 20.0. The molecule has 5 rings (SSSR count). The molecular formula is C29H32N4O4. The minimum absolute atomic E-state index is 0.00546. The second kappa shape index (κ2) is 9.35. The number of aromatic amines is 1. The summed E-state index contributed by atoms with van der Waals surface area (Å²) < 4.78 is 5.15. The van der Waals surface area contributed by atoms with Gasteiger partial charge in [-0.25, -0.2) is 4.98 Å². The van der Waals surface area contributed by atoms with Crippen molar-refractivity contribution in [3.63, 3.8) is 0 Å². The number of aromatic hydroxyl groups is 2. The Balaban J connectivity index is 1.31. The highest BCUT2D eigenvalue weighted by Crippen LogP contribution is 2.39. The van der Waals surface area contributed by atoms with Gasteiger partial charge in [-0.15, -0.1) is 0 Å². The molecule has 0 aliphatic carbocycles. The molecule has 8 nitrogen and oxygen atoms in total. The lowest BCUT2D eigenvalue weighted by atomic mass is 9.86. The van der Waals surface area contributed by atoms with E-state index in [1.165, 1.54) is 13.2 Å². The van der Waals surface area contributed by atoms with Gasteiger partial charge in [0.2, 0.25) is 5.75 Å². The zero-order valence-electron chi connectivity index (χ0n) is 21.6. The van der Waals surface area contributed by atoms with Crippen molar-refractivity contribution in [3.05, 3.63) is 65.7 Å². The standard InChI is InChI=1S/C29H32N4O4/c1-29(2,3)20-7-5-6-18(14-20)28(36)33-12-10-32(11-13-33)21-8-9-22-23(17-21)31-27(30-22)19-15-24(34)26(35)25(16-19)37-4/h5-9,14-17,34-35H,10-13H2,1-4H3,(H,30,31). The van der Waals surface area contributed by atoms with Crippen LogP contribution in [0.1, 0.15) is 36.7 Å². The van der Waals surface area contributed by atoms with Crippen molar-refractivity contribution < 1.29 is 19.7 Å². The van der Waals surface area contributed by atoms with E-state index in [9.17, 15) is 15.0 Å². The number of benzene rings is 3. The fraction of sp³-hybridized carbons (Fsp3) is 0.310. The molecule has 1 aliphatic rings. The molecule has 0 bridgehead atoms. The summed E-state index contributed by atoms with van der Waals surface area (Å²) in [6.07, 6.45) is 0.